The van der Waals surface area contributed by atoms with Gasteiger partial charge in [0, 0.05) is 25.5 Å². The van der Waals surface area contributed by atoms with Crippen LogP contribution in [0.1, 0.15) is 5.56 Å². The number of benzene rings is 4. The molecule has 165 valence electrons. The summed E-state index contributed by atoms with van der Waals surface area (Å²) in [5, 5.41) is 14.3. The summed E-state index contributed by atoms with van der Waals surface area (Å²) in [6, 6.07) is 32.3. The number of hydrogen-bond acceptors (Lipinski definition) is 3. The molecule has 0 fully saturated rings. The van der Waals surface area contributed by atoms with Crippen LogP contribution in [-0.4, -0.2) is 24.4 Å². The maximum atomic E-state index is 4.93. The Morgan fingerprint density at radius 3 is 2.35 bits per heavy atom. The number of para-hydroxylation sites is 1. The van der Waals surface area contributed by atoms with Crippen molar-refractivity contribution >= 4 is 38.1 Å². The minimum absolute atomic E-state index is 0. The SMILES string of the molecule is Cc1ccccc1-n1cnc(-c2cc[c-]c3c2c2ccccc2c2c4ccccc4nn32)n1.[Ir]. The number of fused-ring (bicyclic) bond motifs is 8. The maximum Gasteiger partial charge on any atom is 0.158 e. The second-order valence-corrected chi connectivity index (χ2v) is 8.24. The van der Waals surface area contributed by atoms with E-state index in [0.29, 0.717) is 5.82 Å². The monoisotopic (exact) mass is 617 g/mol. The van der Waals surface area contributed by atoms with E-state index in [1.165, 1.54) is 0 Å². The van der Waals surface area contributed by atoms with Gasteiger partial charge in [-0.15, -0.1) is 5.10 Å². The summed E-state index contributed by atoms with van der Waals surface area (Å²) in [6.45, 7) is 2.08. The first-order valence-corrected chi connectivity index (χ1v) is 10.9. The first-order chi connectivity index (χ1) is 16.3. The average molecular weight is 617 g/mol. The van der Waals surface area contributed by atoms with Gasteiger partial charge in [0.1, 0.15) is 6.33 Å². The molecule has 5 nitrogen and oxygen atoms in total. The third-order valence-corrected chi connectivity index (χ3v) is 6.31. The number of rotatable bonds is 2. The molecule has 1 radical (unpaired) electrons. The molecule has 3 aromatic heterocycles. The first-order valence-electron chi connectivity index (χ1n) is 10.9. The van der Waals surface area contributed by atoms with Gasteiger partial charge in [-0.05, 0) is 35.5 Å². The molecule has 4 aromatic carbocycles. The van der Waals surface area contributed by atoms with Gasteiger partial charge in [-0.2, -0.15) is 23.3 Å². The van der Waals surface area contributed by atoms with Crippen molar-refractivity contribution in [2.45, 2.75) is 6.92 Å². The molecule has 34 heavy (non-hydrogen) atoms. The Morgan fingerprint density at radius 1 is 0.765 bits per heavy atom. The molecule has 0 aliphatic carbocycles. The second-order valence-electron chi connectivity index (χ2n) is 8.24. The van der Waals surface area contributed by atoms with Crippen molar-refractivity contribution in [1.29, 1.82) is 0 Å². The molecule has 7 aromatic rings. The normalized spacial score (nSPS) is 11.4. The van der Waals surface area contributed by atoms with E-state index < -0.39 is 0 Å². The fourth-order valence-electron chi connectivity index (χ4n) is 4.80. The van der Waals surface area contributed by atoms with Crippen LogP contribution in [0.4, 0.5) is 0 Å². The zero-order valence-electron chi connectivity index (χ0n) is 18.2. The van der Waals surface area contributed by atoms with Crippen LogP contribution in [0.5, 0.6) is 0 Å². The molecule has 0 bridgehead atoms. The van der Waals surface area contributed by atoms with Crippen molar-refractivity contribution in [2.75, 3.05) is 0 Å². The number of nitrogens with zero attached hydrogens (tertiary/aromatic N) is 5. The average Bonchev–Trinajstić information content (AvgIpc) is 3.50. The van der Waals surface area contributed by atoms with Gasteiger partial charge in [-0.3, -0.25) is 4.52 Å². The molecular weight excluding hydrogens is 599 g/mol. The van der Waals surface area contributed by atoms with Gasteiger partial charge >= 0.3 is 0 Å². The summed E-state index contributed by atoms with van der Waals surface area (Å²) in [6.07, 6.45) is 1.78. The van der Waals surface area contributed by atoms with Crippen LogP contribution in [-0.2, 0) is 20.1 Å². The number of aryl methyl sites for hydroxylation is 1. The molecule has 0 aliphatic rings. The van der Waals surface area contributed by atoms with Crippen LogP contribution >= 0.6 is 0 Å². The Kier molecular flexibility index (Phi) is 4.80. The van der Waals surface area contributed by atoms with Gasteiger partial charge < -0.3 is 0 Å². The van der Waals surface area contributed by atoms with Crippen molar-refractivity contribution in [2.24, 2.45) is 0 Å². The van der Waals surface area contributed by atoms with Crippen LogP contribution in [0, 0.1) is 13.0 Å². The van der Waals surface area contributed by atoms with E-state index in [9.17, 15) is 0 Å². The largest absolute Gasteiger partial charge is 0.256 e. The van der Waals surface area contributed by atoms with E-state index >= 15 is 0 Å². The molecule has 0 aliphatic heterocycles. The molecule has 7 rings (SSSR count). The zero-order valence-corrected chi connectivity index (χ0v) is 20.6. The number of hydrogen-bond donors (Lipinski definition) is 0. The number of aromatic nitrogens is 5. The van der Waals surface area contributed by atoms with Crippen LogP contribution in [0.3, 0.4) is 0 Å². The zero-order chi connectivity index (χ0) is 21.9. The Labute approximate surface area is 209 Å². The molecule has 0 saturated heterocycles. The summed E-state index contributed by atoms with van der Waals surface area (Å²) >= 11 is 0. The van der Waals surface area contributed by atoms with Crippen LogP contribution in [0.25, 0.3) is 55.2 Å². The quantitative estimate of drug-likeness (QED) is 0.173. The third kappa shape index (κ3) is 2.93. The molecule has 0 spiro atoms. The van der Waals surface area contributed by atoms with E-state index in [1.807, 2.05) is 39.5 Å². The topological polar surface area (TPSA) is 48.0 Å². The standard InChI is InChI=1S/C28H18N5.Ir/c1-18-9-2-7-15-24(18)32-17-29-28(31-32)22-13-8-16-25-26(22)19-10-3-4-11-20(19)27-21-12-5-6-14-23(21)30-33(25)27;/h2-15,17H,1H3;/q-1;. The molecule has 6 heteroatoms. The molecule has 0 atom stereocenters. The second kappa shape index (κ2) is 7.87. The maximum absolute atomic E-state index is 4.93. The fraction of sp³-hybridized carbons (Fsp3) is 0.0357. The van der Waals surface area contributed by atoms with Crippen LogP contribution < -0.4 is 0 Å². The van der Waals surface area contributed by atoms with Gasteiger partial charge in [0.25, 0.3) is 0 Å². The van der Waals surface area contributed by atoms with Crippen molar-refractivity contribution in [1.82, 2.24) is 24.4 Å². The minimum Gasteiger partial charge on any atom is -0.256 e. The van der Waals surface area contributed by atoms with E-state index in [0.717, 1.165) is 54.9 Å². The van der Waals surface area contributed by atoms with Crippen molar-refractivity contribution in [3.8, 4) is 17.1 Å². The smallest absolute Gasteiger partial charge is 0.158 e. The molecule has 0 N–H and O–H groups in total. The molecule has 0 saturated carbocycles. The van der Waals surface area contributed by atoms with E-state index in [4.69, 9.17) is 15.2 Å². The van der Waals surface area contributed by atoms with Crippen molar-refractivity contribution in [3.63, 3.8) is 0 Å². The van der Waals surface area contributed by atoms with Gasteiger partial charge in [0.05, 0.1) is 16.7 Å². The van der Waals surface area contributed by atoms with Crippen molar-refractivity contribution in [3.05, 3.63) is 103 Å². The van der Waals surface area contributed by atoms with Gasteiger partial charge in [0.2, 0.25) is 0 Å². The fourth-order valence-corrected chi connectivity index (χ4v) is 4.80. The van der Waals surface area contributed by atoms with Gasteiger partial charge in [-0.25, -0.2) is 9.67 Å². The summed E-state index contributed by atoms with van der Waals surface area (Å²) in [5.74, 6) is 0.679. The number of pyridine rings is 1. The minimum atomic E-state index is 0. The van der Waals surface area contributed by atoms with Crippen molar-refractivity contribution < 1.29 is 20.1 Å². The Morgan fingerprint density at radius 2 is 1.50 bits per heavy atom. The molecule has 0 unspecified atom stereocenters. The predicted octanol–water partition coefficient (Wildman–Crippen LogP) is 6.15. The summed E-state index contributed by atoms with van der Waals surface area (Å²) in [7, 11) is 0. The van der Waals surface area contributed by atoms with Crippen LogP contribution in [0.15, 0.2) is 91.3 Å². The first kappa shape index (κ1) is 20.7. The van der Waals surface area contributed by atoms with Gasteiger partial charge in [0.15, 0.2) is 5.82 Å². The Hall–Kier alpha value is -3.86. The Bertz CT molecular complexity index is 1850. The predicted molar refractivity (Wildman–Crippen MR) is 132 cm³/mol. The van der Waals surface area contributed by atoms with Crippen LogP contribution in [0.2, 0.25) is 0 Å². The van der Waals surface area contributed by atoms with E-state index in [-0.39, 0.29) is 20.1 Å². The van der Waals surface area contributed by atoms with E-state index in [1.54, 1.807) is 6.33 Å². The van der Waals surface area contributed by atoms with Gasteiger partial charge in [-0.1, -0.05) is 77.0 Å². The van der Waals surface area contributed by atoms with E-state index in [2.05, 4.69) is 67.6 Å². The molecular formula is C28H18IrN5-. The summed E-state index contributed by atoms with van der Waals surface area (Å²) < 4.78 is 3.86. The summed E-state index contributed by atoms with van der Waals surface area (Å²) in [5.41, 5.74) is 6.12. The molecule has 3 heterocycles. The molecule has 0 amide bonds. The Balaban J connectivity index is 0.00000217. The third-order valence-electron chi connectivity index (χ3n) is 6.31. The summed E-state index contributed by atoms with van der Waals surface area (Å²) in [4.78, 5) is 4.69.